The van der Waals surface area contributed by atoms with Crippen molar-refractivity contribution in [2.75, 3.05) is 7.11 Å². The lowest BCUT2D eigenvalue weighted by atomic mass is 10.2. The molecule has 0 amide bonds. The van der Waals surface area contributed by atoms with Crippen molar-refractivity contribution >= 4 is 33.8 Å². The second-order valence-electron chi connectivity index (χ2n) is 2.13. The number of carbonyl (C=O) groups excluding carboxylic acids is 1. The summed E-state index contributed by atoms with van der Waals surface area (Å²) in [7, 11) is 1.52. The monoisotopic (exact) mass is 248 g/mol. The Bertz CT molecular complexity index is 312. The molecule has 0 atom stereocenters. The quantitative estimate of drug-likeness (QED) is 0.753. The molecule has 0 aliphatic carbocycles. The minimum absolute atomic E-state index is 0.433. The first-order valence-electron chi connectivity index (χ1n) is 3.17. The fraction of sp³-hybridized carbons (Fsp3) is 0.125. The molecule has 0 aliphatic rings. The largest absolute Gasteiger partial charge is 0.495 e. The Morgan fingerprint density at radius 2 is 2.25 bits per heavy atom. The number of hydrogen-bond acceptors (Lipinski definition) is 2. The third kappa shape index (κ3) is 1.79. The van der Waals surface area contributed by atoms with Gasteiger partial charge >= 0.3 is 0 Å². The molecule has 0 bridgehead atoms. The van der Waals surface area contributed by atoms with Crippen LogP contribution in [0.2, 0.25) is 5.02 Å². The van der Waals surface area contributed by atoms with Crippen LogP contribution in [0.3, 0.4) is 0 Å². The van der Waals surface area contributed by atoms with Crippen molar-refractivity contribution in [2.24, 2.45) is 0 Å². The lowest BCUT2D eigenvalue weighted by molar-refractivity contribution is 0.112. The van der Waals surface area contributed by atoms with Crippen LogP contribution in [-0.2, 0) is 0 Å². The van der Waals surface area contributed by atoms with E-state index in [2.05, 4.69) is 15.9 Å². The minimum Gasteiger partial charge on any atom is -0.495 e. The van der Waals surface area contributed by atoms with Gasteiger partial charge in [0.1, 0.15) is 5.75 Å². The SMILES string of the molecule is COc1cc(Br)c(C=O)cc1Cl. The van der Waals surface area contributed by atoms with Crippen LogP contribution < -0.4 is 4.74 Å². The van der Waals surface area contributed by atoms with Crippen molar-refractivity contribution in [1.29, 1.82) is 0 Å². The summed E-state index contributed by atoms with van der Waals surface area (Å²) in [5, 5.41) is 0.433. The van der Waals surface area contributed by atoms with Crippen molar-refractivity contribution in [3.63, 3.8) is 0 Å². The van der Waals surface area contributed by atoms with Gasteiger partial charge in [0.05, 0.1) is 12.1 Å². The molecular weight excluding hydrogens is 243 g/mol. The summed E-state index contributed by atoms with van der Waals surface area (Å²) in [6.07, 6.45) is 0.732. The van der Waals surface area contributed by atoms with Crippen LogP contribution in [0.25, 0.3) is 0 Å². The molecule has 0 heterocycles. The van der Waals surface area contributed by atoms with E-state index in [1.807, 2.05) is 0 Å². The van der Waals surface area contributed by atoms with Gasteiger partial charge in [-0.2, -0.15) is 0 Å². The number of rotatable bonds is 2. The smallest absolute Gasteiger partial charge is 0.151 e. The van der Waals surface area contributed by atoms with Crippen molar-refractivity contribution in [3.8, 4) is 5.75 Å². The van der Waals surface area contributed by atoms with Crippen LogP contribution in [0, 0.1) is 0 Å². The molecular formula is C8H6BrClO2. The average Bonchev–Trinajstić information content (AvgIpc) is 2.08. The van der Waals surface area contributed by atoms with Crippen molar-refractivity contribution in [1.82, 2.24) is 0 Å². The summed E-state index contributed by atoms with van der Waals surface area (Å²) < 4.78 is 5.63. The number of halogens is 2. The Kier molecular flexibility index (Phi) is 3.12. The lowest BCUT2D eigenvalue weighted by Gasteiger charge is -2.04. The fourth-order valence-corrected chi connectivity index (χ4v) is 1.46. The van der Waals surface area contributed by atoms with Crippen molar-refractivity contribution in [3.05, 3.63) is 27.2 Å². The second kappa shape index (κ2) is 3.92. The van der Waals surface area contributed by atoms with Crippen molar-refractivity contribution < 1.29 is 9.53 Å². The summed E-state index contributed by atoms with van der Waals surface area (Å²) in [4.78, 5) is 10.4. The van der Waals surface area contributed by atoms with Crippen LogP contribution in [0.5, 0.6) is 5.75 Å². The van der Waals surface area contributed by atoms with E-state index in [9.17, 15) is 4.79 Å². The van der Waals surface area contributed by atoms with Crippen LogP contribution in [0.1, 0.15) is 10.4 Å². The molecule has 4 heteroatoms. The van der Waals surface area contributed by atoms with Gasteiger partial charge in [-0.3, -0.25) is 4.79 Å². The number of benzene rings is 1. The first-order chi connectivity index (χ1) is 5.69. The first kappa shape index (κ1) is 9.55. The third-order valence-electron chi connectivity index (χ3n) is 1.40. The van der Waals surface area contributed by atoms with E-state index in [4.69, 9.17) is 16.3 Å². The molecule has 0 aliphatic heterocycles. The van der Waals surface area contributed by atoms with E-state index in [1.165, 1.54) is 7.11 Å². The molecule has 0 spiro atoms. The van der Waals surface area contributed by atoms with Gasteiger partial charge < -0.3 is 4.74 Å². The lowest BCUT2D eigenvalue weighted by Crippen LogP contribution is -1.88. The Morgan fingerprint density at radius 3 is 2.75 bits per heavy atom. The Morgan fingerprint density at radius 1 is 1.58 bits per heavy atom. The molecule has 12 heavy (non-hydrogen) atoms. The molecule has 0 saturated heterocycles. The van der Waals surface area contributed by atoms with E-state index in [1.54, 1.807) is 12.1 Å². The standard InChI is InChI=1S/C8H6BrClO2/c1-12-8-3-6(9)5(4-11)2-7(8)10/h2-4H,1H3. The topological polar surface area (TPSA) is 26.3 Å². The molecule has 2 nitrogen and oxygen atoms in total. The maximum absolute atomic E-state index is 10.4. The van der Waals surface area contributed by atoms with E-state index in [0.717, 1.165) is 6.29 Å². The highest BCUT2D eigenvalue weighted by atomic mass is 79.9. The third-order valence-corrected chi connectivity index (χ3v) is 2.38. The summed E-state index contributed by atoms with van der Waals surface area (Å²) in [5.74, 6) is 0.550. The maximum atomic E-state index is 10.4. The zero-order chi connectivity index (χ0) is 9.14. The van der Waals surface area contributed by atoms with Crippen molar-refractivity contribution in [2.45, 2.75) is 0 Å². The molecule has 1 rings (SSSR count). The highest BCUT2D eigenvalue weighted by molar-refractivity contribution is 9.10. The van der Waals surface area contributed by atoms with E-state index in [0.29, 0.717) is 20.8 Å². The van der Waals surface area contributed by atoms with E-state index < -0.39 is 0 Å². The molecule has 64 valence electrons. The Balaban J connectivity index is 3.25. The normalized spacial score (nSPS) is 9.58. The summed E-state index contributed by atoms with van der Waals surface area (Å²) in [5.41, 5.74) is 0.515. The summed E-state index contributed by atoms with van der Waals surface area (Å²) in [6, 6.07) is 3.21. The fourth-order valence-electron chi connectivity index (χ4n) is 0.791. The van der Waals surface area contributed by atoms with E-state index in [-0.39, 0.29) is 0 Å². The molecule has 0 fully saturated rings. The number of ether oxygens (including phenoxy) is 1. The predicted octanol–water partition coefficient (Wildman–Crippen LogP) is 2.92. The number of methoxy groups -OCH3 is 1. The number of carbonyl (C=O) groups is 1. The van der Waals surface area contributed by atoms with Crippen LogP contribution in [0.15, 0.2) is 16.6 Å². The van der Waals surface area contributed by atoms with Gasteiger partial charge in [0.25, 0.3) is 0 Å². The molecule has 0 N–H and O–H groups in total. The Hall–Kier alpha value is -0.540. The second-order valence-corrected chi connectivity index (χ2v) is 3.39. The van der Waals surface area contributed by atoms with Gasteiger partial charge in [0.15, 0.2) is 6.29 Å². The molecule has 1 aromatic carbocycles. The van der Waals surface area contributed by atoms with E-state index >= 15 is 0 Å². The number of hydrogen-bond donors (Lipinski definition) is 0. The molecule has 0 saturated carbocycles. The Labute approximate surface area is 83.6 Å². The minimum atomic E-state index is 0.433. The average molecular weight is 249 g/mol. The van der Waals surface area contributed by atoms with Gasteiger partial charge in [-0.05, 0) is 28.1 Å². The van der Waals surface area contributed by atoms with Crippen LogP contribution >= 0.6 is 27.5 Å². The van der Waals surface area contributed by atoms with Crippen LogP contribution in [0.4, 0.5) is 0 Å². The number of aldehydes is 1. The highest BCUT2D eigenvalue weighted by Crippen LogP contribution is 2.30. The molecule has 0 aromatic heterocycles. The predicted molar refractivity (Wildman–Crippen MR) is 51.1 cm³/mol. The summed E-state index contributed by atoms with van der Waals surface area (Å²) >= 11 is 8.99. The summed E-state index contributed by atoms with van der Waals surface area (Å²) in [6.45, 7) is 0. The first-order valence-corrected chi connectivity index (χ1v) is 4.34. The van der Waals surface area contributed by atoms with Gasteiger partial charge in [0.2, 0.25) is 0 Å². The maximum Gasteiger partial charge on any atom is 0.151 e. The molecule has 1 aromatic rings. The molecule has 0 unspecified atom stereocenters. The van der Waals surface area contributed by atoms with Gasteiger partial charge in [0, 0.05) is 10.0 Å². The zero-order valence-electron chi connectivity index (χ0n) is 6.30. The zero-order valence-corrected chi connectivity index (χ0v) is 8.65. The molecule has 0 radical (unpaired) electrons. The van der Waals surface area contributed by atoms with Gasteiger partial charge in [-0.25, -0.2) is 0 Å². The van der Waals surface area contributed by atoms with Gasteiger partial charge in [-0.15, -0.1) is 0 Å². The van der Waals surface area contributed by atoms with Crippen LogP contribution in [-0.4, -0.2) is 13.4 Å². The highest BCUT2D eigenvalue weighted by Gasteiger charge is 2.05. The van der Waals surface area contributed by atoms with Gasteiger partial charge in [-0.1, -0.05) is 11.6 Å².